The summed E-state index contributed by atoms with van der Waals surface area (Å²) in [5.41, 5.74) is 1.99. The Bertz CT molecular complexity index is 676. The number of hydrogen-bond acceptors (Lipinski definition) is 6. The van der Waals surface area contributed by atoms with Crippen LogP contribution in [0.25, 0.3) is 0 Å². The first-order valence-electron chi connectivity index (χ1n) is 8.70. The SMILES string of the molecule is Cc1cc(CCC2CN(C(=O)CCCn3cncn3)CCO2)ncn1. The van der Waals surface area contributed by atoms with Gasteiger partial charge in [-0.15, -0.1) is 0 Å². The summed E-state index contributed by atoms with van der Waals surface area (Å²) in [5, 5.41) is 4.05. The minimum absolute atomic E-state index is 0.0725. The molecule has 134 valence electrons. The highest BCUT2D eigenvalue weighted by molar-refractivity contribution is 5.76. The van der Waals surface area contributed by atoms with E-state index in [1.54, 1.807) is 17.3 Å². The van der Waals surface area contributed by atoms with Crippen LogP contribution in [0.3, 0.4) is 0 Å². The number of hydrogen-bond donors (Lipinski definition) is 0. The maximum atomic E-state index is 12.4. The summed E-state index contributed by atoms with van der Waals surface area (Å²) in [4.78, 5) is 26.6. The molecule has 1 aliphatic heterocycles. The zero-order valence-electron chi connectivity index (χ0n) is 14.5. The van der Waals surface area contributed by atoms with Crippen molar-refractivity contribution >= 4 is 5.91 Å². The highest BCUT2D eigenvalue weighted by Crippen LogP contribution is 2.13. The zero-order chi connectivity index (χ0) is 17.5. The molecule has 0 radical (unpaired) electrons. The molecular formula is C17H24N6O2. The second-order valence-corrected chi connectivity index (χ2v) is 6.28. The Hall–Kier alpha value is -2.35. The van der Waals surface area contributed by atoms with Crippen molar-refractivity contribution in [1.29, 1.82) is 0 Å². The summed E-state index contributed by atoms with van der Waals surface area (Å²) in [5.74, 6) is 0.186. The van der Waals surface area contributed by atoms with Crippen molar-refractivity contribution in [2.24, 2.45) is 0 Å². The first-order chi connectivity index (χ1) is 12.2. The van der Waals surface area contributed by atoms with Gasteiger partial charge >= 0.3 is 0 Å². The van der Waals surface area contributed by atoms with E-state index in [0.717, 1.165) is 30.7 Å². The van der Waals surface area contributed by atoms with Crippen LogP contribution in [0, 0.1) is 6.92 Å². The largest absolute Gasteiger partial charge is 0.375 e. The average molecular weight is 344 g/mol. The number of ether oxygens (including phenoxy) is 1. The van der Waals surface area contributed by atoms with Gasteiger partial charge in [0.15, 0.2) is 0 Å². The third kappa shape index (κ3) is 5.32. The quantitative estimate of drug-likeness (QED) is 0.745. The van der Waals surface area contributed by atoms with Crippen molar-refractivity contribution in [1.82, 2.24) is 29.6 Å². The molecule has 1 unspecified atom stereocenters. The van der Waals surface area contributed by atoms with E-state index in [2.05, 4.69) is 20.1 Å². The predicted octanol–water partition coefficient (Wildman–Crippen LogP) is 1.02. The van der Waals surface area contributed by atoms with Crippen LogP contribution in [0.2, 0.25) is 0 Å². The van der Waals surface area contributed by atoms with Gasteiger partial charge in [-0.05, 0) is 32.3 Å². The van der Waals surface area contributed by atoms with Gasteiger partial charge in [-0.1, -0.05) is 0 Å². The molecule has 0 bridgehead atoms. The lowest BCUT2D eigenvalue weighted by Crippen LogP contribution is -2.45. The number of carbonyl (C=O) groups is 1. The van der Waals surface area contributed by atoms with Gasteiger partial charge in [-0.25, -0.2) is 15.0 Å². The summed E-state index contributed by atoms with van der Waals surface area (Å²) in [7, 11) is 0. The van der Waals surface area contributed by atoms with Crippen molar-refractivity contribution in [2.45, 2.75) is 45.3 Å². The molecule has 2 aromatic heterocycles. The topological polar surface area (TPSA) is 86.0 Å². The first kappa shape index (κ1) is 17.5. The van der Waals surface area contributed by atoms with E-state index in [-0.39, 0.29) is 12.0 Å². The standard InChI is InChI=1S/C17H24N6O2/c1-14-9-15(20-12-19-14)4-5-16-10-22(7-8-25-16)17(24)3-2-6-23-13-18-11-21-23/h9,11-13,16H,2-8,10H2,1H3. The molecule has 2 aromatic rings. The van der Waals surface area contributed by atoms with Gasteiger partial charge < -0.3 is 9.64 Å². The van der Waals surface area contributed by atoms with E-state index in [4.69, 9.17) is 4.74 Å². The maximum absolute atomic E-state index is 12.4. The van der Waals surface area contributed by atoms with Gasteiger partial charge in [0.05, 0.1) is 12.7 Å². The average Bonchev–Trinajstić information content (AvgIpc) is 3.14. The van der Waals surface area contributed by atoms with Crippen LogP contribution in [-0.4, -0.2) is 61.3 Å². The molecule has 8 nitrogen and oxygen atoms in total. The smallest absolute Gasteiger partial charge is 0.222 e. The second-order valence-electron chi connectivity index (χ2n) is 6.28. The Balaban J connectivity index is 1.41. The predicted molar refractivity (Wildman–Crippen MR) is 90.7 cm³/mol. The number of morpholine rings is 1. The number of aromatic nitrogens is 5. The van der Waals surface area contributed by atoms with Crippen LogP contribution < -0.4 is 0 Å². The molecule has 0 saturated carbocycles. The van der Waals surface area contributed by atoms with Crippen molar-refractivity contribution in [3.05, 3.63) is 36.4 Å². The number of rotatable bonds is 7. The van der Waals surface area contributed by atoms with E-state index in [9.17, 15) is 4.79 Å². The summed E-state index contributed by atoms with van der Waals surface area (Å²) in [6.07, 6.45) is 7.84. The summed E-state index contributed by atoms with van der Waals surface area (Å²) < 4.78 is 7.56. The van der Waals surface area contributed by atoms with Gasteiger partial charge in [0.25, 0.3) is 0 Å². The molecule has 3 heterocycles. The Kier molecular flexibility index (Phi) is 6.05. The molecular weight excluding hydrogens is 320 g/mol. The molecule has 0 N–H and O–H groups in total. The minimum atomic E-state index is 0.0725. The molecule has 1 atom stereocenters. The highest BCUT2D eigenvalue weighted by Gasteiger charge is 2.23. The van der Waals surface area contributed by atoms with Crippen molar-refractivity contribution in [3.63, 3.8) is 0 Å². The molecule has 0 aromatic carbocycles. The molecule has 1 saturated heterocycles. The molecule has 1 fully saturated rings. The molecule has 0 spiro atoms. The lowest BCUT2D eigenvalue weighted by atomic mass is 10.1. The third-order valence-electron chi connectivity index (χ3n) is 4.32. The van der Waals surface area contributed by atoms with E-state index >= 15 is 0 Å². The molecule has 3 rings (SSSR count). The minimum Gasteiger partial charge on any atom is -0.375 e. The van der Waals surface area contributed by atoms with Crippen LogP contribution in [0.15, 0.2) is 25.0 Å². The van der Waals surface area contributed by atoms with E-state index in [0.29, 0.717) is 32.7 Å². The summed E-state index contributed by atoms with van der Waals surface area (Å²) in [6, 6.07) is 2.00. The number of nitrogens with zero attached hydrogens (tertiary/aromatic N) is 6. The summed E-state index contributed by atoms with van der Waals surface area (Å²) >= 11 is 0. The van der Waals surface area contributed by atoms with E-state index < -0.39 is 0 Å². The van der Waals surface area contributed by atoms with E-state index in [1.165, 1.54) is 6.33 Å². The molecule has 8 heteroatoms. The fourth-order valence-corrected chi connectivity index (χ4v) is 2.97. The molecule has 0 aliphatic carbocycles. The van der Waals surface area contributed by atoms with Gasteiger partial charge in [0.2, 0.25) is 5.91 Å². The third-order valence-corrected chi connectivity index (χ3v) is 4.32. The Morgan fingerprint density at radius 3 is 3.08 bits per heavy atom. The van der Waals surface area contributed by atoms with Crippen molar-refractivity contribution in [3.8, 4) is 0 Å². The van der Waals surface area contributed by atoms with Crippen LogP contribution in [-0.2, 0) is 22.5 Å². The monoisotopic (exact) mass is 344 g/mol. The molecule has 1 aliphatic rings. The van der Waals surface area contributed by atoms with Crippen molar-refractivity contribution in [2.75, 3.05) is 19.7 Å². The lowest BCUT2D eigenvalue weighted by molar-refractivity contribution is -0.139. The van der Waals surface area contributed by atoms with E-state index in [1.807, 2.05) is 17.9 Å². The normalized spacial score (nSPS) is 17.6. The Morgan fingerprint density at radius 1 is 1.36 bits per heavy atom. The van der Waals surface area contributed by atoms with Gasteiger partial charge in [-0.2, -0.15) is 5.10 Å². The Labute approximate surface area is 147 Å². The molecule has 1 amide bonds. The highest BCUT2D eigenvalue weighted by atomic mass is 16.5. The van der Waals surface area contributed by atoms with Crippen LogP contribution in [0.4, 0.5) is 0 Å². The maximum Gasteiger partial charge on any atom is 0.222 e. The van der Waals surface area contributed by atoms with Gasteiger partial charge in [-0.3, -0.25) is 9.48 Å². The fourth-order valence-electron chi connectivity index (χ4n) is 2.97. The van der Waals surface area contributed by atoms with Crippen molar-refractivity contribution < 1.29 is 9.53 Å². The van der Waals surface area contributed by atoms with Crippen LogP contribution >= 0.6 is 0 Å². The fraction of sp³-hybridized carbons (Fsp3) is 0.588. The van der Waals surface area contributed by atoms with Crippen LogP contribution in [0.1, 0.15) is 30.7 Å². The number of amides is 1. The lowest BCUT2D eigenvalue weighted by Gasteiger charge is -2.33. The zero-order valence-corrected chi connectivity index (χ0v) is 14.5. The Morgan fingerprint density at radius 2 is 2.28 bits per heavy atom. The van der Waals surface area contributed by atoms with Gasteiger partial charge in [0.1, 0.15) is 19.0 Å². The number of aryl methyl sites for hydroxylation is 3. The number of carbonyl (C=O) groups excluding carboxylic acids is 1. The second kappa shape index (κ2) is 8.66. The first-order valence-corrected chi connectivity index (χ1v) is 8.70. The van der Waals surface area contributed by atoms with Crippen LogP contribution in [0.5, 0.6) is 0 Å². The summed E-state index contributed by atoms with van der Waals surface area (Å²) in [6.45, 7) is 4.61. The molecule has 25 heavy (non-hydrogen) atoms. The van der Waals surface area contributed by atoms with Gasteiger partial charge in [0, 0.05) is 37.4 Å².